The van der Waals surface area contributed by atoms with E-state index >= 15 is 0 Å². The molecule has 0 bridgehead atoms. The zero-order valence-electron chi connectivity index (χ0n) is 11.2. The molecular weight excluding hydrogens is 242 g/mol. The van der Waals surface area contributed by atoms with Crippen LogP contribution in [0.25, 0.3) is 0 Å². The first kappa shape index (κ1) is 13.8. The minimum absolute atomic E-state index is 0.512. The van der Waals surface area contributed by atoms with E-state index in [1.54, 1.807) is 0 Å². The Bertz CT molecular complexity index is 367. The van der Waals surface area contributed by atoms with Gasteiger partial charge in [0.15, 0.2) is 0 Å². The molecule has 0 aromatic carbocycles. The molecule has 1 heterocycles. The summed E-state index contributed by atoms with van der Waals surface area (Å²) in [6.45, 7) is 0.722. The summed E-state index contributed by atoms with van der Waals surface area (Å²) in [5.41, 5.74) is 2.65. The molecule has 5 N–H and O–H groups in total. The molecule has 0 aliphatic heterocycles. The lowest BCUT2D eigenvalue weighted by Crippen LogP contribution is -2.47. The Morgan fingerprint density at radius 1 is 1.42 bits per heavy atom. The second-order valence-electron chi connectivity index (χ2n) is 4.89. The molecule has 1 aromatic heterocycles. The number of H-pyrrole nitrogens is 1. The summed E-state index contributed by atoms with van der Waals surface area (Å²) in [6, 6.07) is 0.512. The Kier molecular flexibility index (Phi) is 5.61. The first-order valence-electron chi connectivity index (χ1n) is 7.00. The van der Waals surface area contributed by atoms with Gasteiger partial charge in [-0.05, 0) is 19.3 Å². The average molecular weight is 265 g/mol. The molecule has 2 rings (SSSR count). The van der Waals surface area contributed by atoms with Gasteiger partial charge in [0, 0.05) is 19.0 Å². The van der Waals surface area contributed by atoms with Crippen LogP contribution in [0, 0.1) is 0 Å². The molecule has 7 heteroatoms. The van der Waals surface area contributed by atoms with Gasteiger partial charge < -0.3 is 5.32 Å². The van der Waals surface area contributed by atoms with Gasteiger partial charge in [-0.25, -0.2) is 10.8 Å². The summed E-state index contributed by atoms with van der Waals surface area (Å²) in [5, 5.41) is 10.0. The molecule has 0 amide bonds. The molecule has 0 radical (unpaired) electrons. The summed E-state index contributed by atoms with van der Waals surface area (Å²) in [5.74, 6) is 7.09. The van der Waals surface area contributed by atoms with E-state index in [4.69, 9.17) is 5.84 Å². The molecule has 0 spiro atoms. The Hall–Kier alpha value is -1.63. The quantitative estimate of drug-likeness (QED) is 0.204. The number of aliphatic imine (C=N–C) groups is 1. The molecule has 1 saturated carbocycles. The minimum atomic E-state index is 0.512. The van der Waals surface area contributed by atoms with Crippen molar-refractivity contribution in [2.24, 2.45) is 10.8 Å². The third-order valence-electron chi connectivity index (χ3n) is 3.39. The Labute approximate surface area is 113 Å². The lowest BCUT2D eigenvalue weighted by Gasteiger charge is -2.24. The van der Waals surface area contributed by atoms with Crippen LogP contribution in [-0.2, 0) is 6.42 Å². The summed E-state index contributed by atoms with van der Waals surface area (Å²) in [7, 11) is 0. The van der Waals surface area contributed by atoms with Gasteiger partial charge in [-0.1, -0.05) is 19.3 Å². The molecule has 106 valence electrons. The van der Waals surface area contributed by atoms with Crippen molar-refractivity contribution in [1.29, 1.82) is 0 Å². The van der Waals surface area contributed by atoms with E-state index < -0.39 is 0 Å². The fourth-order valence-electron chi connectivity index (χ4n) is 2.36. The number of aryl methyl sites for hydroxylation is 1. The van der Waals surface area contributed by atoms with Gasteiger partial charge in [0.25, 0.3) is 0 Å². The van der Waals surface area contributed by atoms with Gasteiger partial charge in [-0.3, -0.25) is 15.5 Å². The number of hydrazine groups is 1. The molecular formula is C12H23N7. The summed E-state index contributed by atoms with van der Waals surface area (Å²) in [6.07, 6.45) is 9.64. The highest BCUT2D eigenvalue weighted by Gasteiger charge is 2.13. The lowest BCUT2D eigenvalue weighted by atomic mass is 9.96. The molecule has 0 atom stereocenters. The number of nitrogens with zero attached hydrogens (tertiary/aromatic N) is 3. The summed E-state index contributed by atoms with van der Waals surface area (Å²) < 4.78 is 0. The molecule has 0 saturated heterocycles. The lowest BCUT2D eigenvalue weighted by molar-refractivity contribution is 0.410. The van der Waals surface area contributed by atoms with Gasteiger partial charge in [-0.15, -0.1) is 0 Å². The monoisotopic (exact) mass is 265 g/mol. The minimum Gasteiger partial charge on any atom is -0.353 e. The van der Waals surface area contributed by atoms with Crippen LogP contribution in [0.3, 0.4) is 0 Å². The third-order valence-corrected chi connectivity index (χ3v) is 3.39. The van der Waals surface area contributed by atoms with Gasteiger partial charge in [0.05, 0.1) is 0 Å². The van der Waals surface area contributed by atoms with Gasteiger partial charge >= 0.3 is 0 Å². The van der Waals surface area contributed by atoms with E-state index in [9.17, 15) is 0 Å². The van der Waals surface area contributed by atoms with Crippen molar-refractivity contribution < 1.29 is 0 Å². The molecule has 7 nitrogen and oxygen atoms in total. The maximum Gasteiger partial charge on any atom is 0.205 e. The van der Waals surface area contributed by atoms with Gasteiger partial charge in [0.1, 0.15) is 12.2 Å². The van der Waals surface area contributed by atoms with Crippen LogP contribution in [0.5, 0.6) is 0 Å². The predicted octanol–water partition coefficient (Wildman–Crippen LogP) is 0.479. The number of aromatic amines is 1. The van der Waals surface area contributed by atoms with Crippen LogP contribution in [0.15, 0.2) is 11.3 Å². The molecule has 1 aliphatic rings. The van der Waals surface area contributed by atoms with Crippen LogP contribution in [-0.4, -0.2) is 33.7 Å². The van der Waals surface area contributed by atoms with E-state index in [1.165, 1.54) is 38.4 Å². The van der Waals surface area contributed by atoms with E-state index in [1.807, 2.05) is 0 Å². The molecule has 1 fully saturated rings. The molecule has 19 heavy (non-hydrogen) atoms. The second-order valence-corrected chi connectivity index (χ2v) is 4.89. The van der Waals surface area contributed by atoms with Crippen LogP contribution in [0.2, 0.25) is 0 Å². The Balaban J connectivity index is 1.68. The standard InChI is InChI=1S/C12H23N7/c13-18-12(17-10-5-2-1-3-6-10)14-8-4-7-11-15-9-16-19-11/h9-10H,1-8,13H2,(H2,14,17,18)(H,15,16,19). The number of aromatic nitrogens is 3. The average Bonchev–Trinajstić information content (AvgIpc) is 2.96. The summed E-state index contributed by atoms with van der Waals surface area (Å²) >= 11 is 0. The van der Waals surface area contributed by atoms with Crippen LogP contribution in [0.4, 0.5) is 0 Å². The Morgan fingerprint density at radius 2 is 2.26 bits per heavy atom. The van der Waals surface area contributed by atoms with Crippen molar-refractivity contribution in [2.45, 2.75) is 51.0 Å². The molecule has 1 aliphatic carbocycles. The van der Waals surface area contributed by atoms with Crippen molar-refractivity contribution in [3.8, 4) is 0 Å². The first-order chi connectivity index (χ1) is 9.38. The number of nitrogens with one attached hydrogen (secondary N) is 3. The maximum absolute atomic E-state index is 5.49. The predicted molar refractivity (Wildman–Crippen MR) is 74.3 cm³/mol. The fraction of sp³-hybridized carbons (Fsp3) is 0.750. The molecule has 0 unspecified atom stereocenters. The van der Waals surface area contributed by atoms with E-state index in [-0.39, 0.29) is 0 Å². The first-order valence-corrected chi connectivity index (χ1v) is 7.00. The third kappa shape index (κ3) is 4.86. The number of rotatable bonds is 5. The van der Waals surface area contributed by atoms with E-state index in [0.29, 0.717) is 12.0 Å². The smallest absolute Gasteiger partial charge is 0.205 e. The number of nitrogens with two attached hydrogens (primary N) is 1. The largest absolute Gasteiger partial charge is 0.353 e. The zero-order chi connectivity index (χ0) is 13.3. The van der Waals surface area contributed by atoms with Crippen molar-refractivity contribution in [3.63, 3.8) is 0 Å². The zero-order valence-corrected chi connectivity index (χ0v) is 11.2. The van der Waals surface area contributed by atoms with Crippen molar-refractivity contribution >= 4 is 5.96 Å². The fourth-order valence-corrected chi connectivity index (χ4v) is 2.36. The van der Waals surface area contributed by atoms with E-state index in [0.717, 1.165) is 25.2 Å². The second kappa shape index (κ2) is 7.73. The van der Waals surface area contributed by atoms with Gasteiger partial charge in [-0.2, -0.15) is 5.10 Å². The highest BCUT2D eigenvalue weighted by molar-refractivity contribution is 5.79. The normalized spacial score (nSPS) is 17.4. The Morgan fingerprint density at radius 3 is 2.95 bits per heavy atom. The van der Waals surface area contributed by atoms with Crippen LogP contribution >= 0.6 is 0 Å². The van der Waals surface area contributed by atoms with Crippen LogP contribution < -0.4 is 16.6 Å². The SMILES string of the molecule is NNC(=NCCCc1ncn[nH]1)NC1CCCCC1. The maximum atomic E-state index is 5.49. The number of hydrogen-bond acceptors (Lipinski definition) is 4. The molecule has 1 aromatic rings. The highest BCUT2D eigenvalue weighted by atomic mass is 15.3. The topological polar surface area (TPSA) is 104 Å². The van der Waals surface area contributed by atoms with Crippen molar-refractivity contribution in [3.05, 3.63) is 12.2 Å². The van der Waals surface area contributed by atoms with E-state index in [2.05, 4.69) is 30.9 Å². The summed E-state index contributed by atoms with van der Waals surface area (Å²) in [4.78, 5) is 8.52. The van der Waals surface area contributed by atoms with Gasteiger partial charge in [0.2, 0.25) is 5.96 Å². The number of hydrogen-bond donors (Lipinski definition) is 4. The van der Waals surface area contributed by atoms with Crippen molar-refractivity contribution in [1.82, 2.24) is 25.9 Å². The van der Waals surface area contributed by atoms with Crippen LogP contribution in [0.1, 0.15) is 44.3 Å². The number of guanidine groups is 1. The highest BCUT2D eigenvalue weighted by Crippen LogP contribution is 2.17. The van der Waals surface area contributed by atoms with Crippen molar-refractivity contribution in [2.75, 3.05) is 6.54 Å².